The number of aromatic carboxylic acids is 1. The van der Waals surface area contributed by atoms with Gasteiger partial charge in [0.1, 0.15) is 5.75 Å². The Labute approximate surface area is 170 Å². The summed E-state index contributed by atoms with van der Waals surface area (Å²) in [5, 5.41) is 28.1. The van der Waals surface area contributed by atoms with Crippen molar-refractivity contribution in [1.29, 1.82) is 0 Å². The summed E-state index contributed by atoms with van der Waals surface area (Å²) in [4.78, 5) is 28.2. The first-order chi connectivity index (χ1) is 14.0. The number of benzene rings is 1. The van der Waals surface area contributed by atoms with E-state index in [4.69, 9.17) is 5.11 Å². The molecule has 1 amide bonds. The highest BCUT2D eigenvalue weighted by molar-refractivity contribution is 7.12. The number of phenolic OH excluding ortho intramolecular Hbond substituents is 1. The molecule has 148 valence electrons. The highest BCUT2D eigenvalue weighted by Crippen LogP contribution is 2.29. The molecule has 0 saturated carbocycles. The standard InChI is InChI=1S/C20H18N4O4S/c25-15-3-1-2-13(10-15)14-11-17(29-12-14)19(26)24-8-6-23(7-9-24)18-5-4-16(20(27)28)21-22-18/h1-5,10-12,25H,6-9H2,(H,27,28). The molecule has 2 aromatic heterocycles. The van der Waals surface area contributed by atoms with Gasteiger partial charge in [-0.2, -0.15) is 0 Å². The lowest BCUT2D eigenvalue weighted by atomic mass is 10.1. The molecule has 29 heavy (non-hydrogen) atoms. The third-order valence-corrected chi connectivity index (χ3v) is 5.67. The number of aromatic hydroxyl groups is 1. The molecule has 4 rings (SSSR count). The predicted molar refractivity (Wildman–Crippen MR) is 109 cm³/mol. The minimum absolute atomic E-state index is 0.0200. The fraction of sp³-hybridized carbons (Fsp3) is 0.200. The molecular weight excluding hydrogens is 392 g/mol. The number of anilines is 1. The largest absolute Gasteiger partial charge is 0.508 e. The van der Waals surface area contributed by atoms with Gasteiger partial charge in [0.2, 0.25) is 0 Å². The SMILES string of the molecule is O=C(O)c1ccc(N2CCN(C(=O)c3cc(-c4cccc(O)c4)cs3)CC2)nn1. The molecule has 0 spiro atoms. The van der Waals surface area contributed by atoms with Crippen molar-refractivity contribution in [3.05, 3.63) is 58.4 Å². The average molecular weight is 410 g/mol. The van der Waals surface area contributed by atoms with E-state index in [1.54, 1.807) is 29.2 Å². The summed E-state index contributed by atoms with van der Waals surface area (Å²) in [6.45, 7) is 2.27. The van der Waals surface area contributed by atoms with E-state index in [0.717, 1.165) is 11.1 Å². The van der Waals surface area contributed by atoms with Gasteiger partial charge in [0.05, 0.1) is 4.88 Å². The lowest BCUT2D eigenvalue weighted by Gasteiger charge is -2.34. The Kier molecular flexibility index (Phi) is 5.13. The molecule has 0 atom stereocenters. The number of carboxylic acid groups (broad SMARTS) is 1. The van der Waals surface area contributed by atoms with Crippen molar-refractivity contribution in [1.82, 2.24) is 15.1 Å². The van der Waals surface area contributed by atoms with Crippen LogP contribution >= 0.6 is 11.3 Å². The molecule has 0 bridgehead atoms. The maximum absolute atomic E-state index is 12.8. The summed E-state index contributed by atoms with van der Waals surface area (Å²) >= 11 is 1.39. The van der Waals surface area contributed by atoms with Crippen LogP contribution in [0.3, 0.4) is 0 Å². The molecule has 1 fully saturated rings. The zero-order valence-electron chi connectivity index (χ0n) is 15.4. The highest BCUT2D eigenvalue weighted by Gasteiger charge is 2.24. The molecule has 0 unspecified atom stereocenters. The monoisotopic (exact) mass is 410 g/mol. The van der Waals surface area contributed by atoms with Crippen molar-refractivity contribution < 1.29 is 19.8 Å². The van der Waals surface area contributed by atoms with Gasteiger partial charge in [-0.15, -0.1) is 21.5 Å². The molecule has 1 saturated heterocycles. The van der Waals surface area contributed by atoms with Crippen LogP contribution in [0.15, 0.2) is 47.8 Å². The molecule has 8 nitrogen and oxygen atoms in total. The van der Waals surface area contributed by atoms with E-state index >= 15 is 0 Å². The molecule has 3 aromatic rings. The van der Waals surface area contributed by atoms with E-state index in [0.29, 0.717) is 36.9 Å². The van der Waals surface area contributed by atoms with Gasteiger partial charge in [-0.05, 0) is 46.8 Å². The van der Waals surface area contributed by atoms with Gasteiger partial charge in [-0.25, -0.2) is 4.79 Å². The number of carbonyl (C=O) groups excluding carboxylic acids is 1. The number of aromatic nitrogens is 2. The molecule has 0 radical (unpaired) electrons. The van der Waals surface area contributed by atoms with Gasteiger partial charge in [0.25, 0.3) is 5.91 Å². The highest BCUT2D eigenvalue weighted by atomic mass is 32.1. The van der Waals surface area contributed by atoms with E-state index < -0.39 is 5.97 Å². The summed E-state index contributed by atoms with van der Waals surface area (Å²) in [6, 6.07) is 11.9. The Morgan fingerprint density at radius 1 is 0.966 bits per heavy atom. The van der Waals surface area contributed by atoms with Crippen molar-refractivity contribution >= 4 is 29.0 Å². The first-order valence-corrected chi connectivity index (χ1v) is 9.88. The number of carboxylic acids is 1. The second kappa shape index (κ2) is 7.88. The van der Waals surface area contributed by atoms with Crippen LogP contribution in [0, 0.1) is 0 Å². The van der Waals surface area contributed by atoms with E-state index in [9.17, 15) is 14.7 Å². The van der Waals surface area contributed by atoms with Crippen LogP contribution < -0.4 is 4.90 Å². The summed E-state index contributed by atoms with van der Waals surface area (Å²) < 4.78 is 0. The molecular formula is C20H18N4O4S. The quantitative estimate of drug-likeness (QED) is 0.681. The minimum Gasteiger partial charge on any atom is -0.508 e. The molecule has 9 heteroatoms. The molecule has 1 aliphatic heterocycles. The summed E-state index contributed by atoms with van der Waals surface area (Å²) in [7, 11) is 0. The fourth-order valence-corrected chi connectivity index (χ4v) is 4.07. The second-order valence-electron chi connectivity index (χ2n) is 6.61. The maximum Gasteiger partial charge on any atom is 0.356 e. The number of carbonyl (C=O) groups is 2. The zero-order chi connectivity index (χ0) is 20.4. The number of hydrogen-bond donors (Lipinski definition) is 2. The smallest absolute Gasteiger partial charge is 0.356 e. The van der Waals surface area contributed by atoms with Crippen molar-refractivity contribution in [2.45, 2.75) is 0 Å². The molecule has 2 N–H and O–H groups in total. The van der Waals surface area contributed by atoms with E-state index in [1.807, 2.05) is 22.4 Å². The van der Waals surface area contributed by atoms with Crippen LogP contribution in [-0.2, 0) is 0 Å². The second-order valence-corrected chi connectivity index (χ2v) is 7.52. The zero-order valence-corrected chi connectivity index (χ0v) is 16.2. The Hall–Kier alpha value is -3.46. The minimum atomic E-state index is -1.11. The number of thiophene rings is 1. The van der Waals surface area contributed by atoms with E-state index in [2.05, 4.69) is 10.2 Å². The van der Waals surface area contributed by atoms with E-state index in [1.165, 1.54) is 17.4 Å². The molecule has 3 heterocycles. The third-order valence-electron chi connectivity index (χ3n) is 4.75. The van der Waals surface area contributed by atoms with Crippen molar-refractivity contribution in [3.8, 4) is 16.9 Å². The summed E-state index contributed by atoms with van der Waals surface area (Å²) in [5.74, 6) is -0.338. The van der Waals surface area contributed by atoms with Gasteiger partial charge < -0.3 is 20.0 Å². The lowest BCUT2D eigenvalue weighted by molar-refractivity contribution is 0.0687. The lowest BCUT2D eigenvalue weighted by Crippen LogP contribution is -2.49. The Morgan fingerprint density at radius 3 is 2.41 bits per heavy atom. The predicted octanol–water partition coefficient (Wildman–Crippen LogP) is 2.57. The first-order valence-electron chi connectivity index (χ1n) is 9.00. The summed E-state index contributed by atoms with van der Waals surface area (Å²) in [5.41, 5.74) is 1.68. The number of hydrogen-bond acceptors (Lipinski definition) is 7. The molecule has 1 aromatic carbocycles. The van der Waals surface area contributed by atoms with Crippen molar-refractivity contribution in [3.63, 3.8) is 0 Å². The maximum atomic E-state index is 12.8. The van der Waals surface area contributed by atoms with E-state index in [-0.39, 0.29) is 17.4 Å². The van der Waals surface area contributed by atoms with Crippen LogP contribution in [0.2, 0.25) is 0 Å². The van der Waals surface area contributed by atoms with Crippen LogP contribution in [0.4, 0.5) is 5.82 Å². The molecule has 1 aliphatic rings. The number of piperazine rings is 1. The first kappa shape index (κ1) is 18.9. The normalized spacial score (nSPS) is 14.1. The summed E-state index contributed by atoms with van der Waals surface area (Å²) in [6.07, 6.45) is 0. The Bertz CT molecular complexity index is 1040. The van der Waals surface area contributed by atoms with Gasteiger partial charge in [-0.1, -0.05) is 12.1 Å². The van der Waals surface area contributed by atoms with Crippen LogP contribution in [0.1, 0.15) is 20.2 Å². The van der Waals surface area contributed by atoms with Crippen molar-refractivity contribution in [2.75, 3.05) is 31.1 Å². The number of nitrogens with zero attached hydrogens (tertiary/aromatic N) is 4. The van der Waals surface area contributed by atoms with Crippen LogP contribution in [-0.4, -0.2) is 63.4 Å². The average Bonchev–Trinajstić information content (AvgIpc) is 3.24. The number of phenols is 1. The van der Waals surface area contributed by atoms with Gasteiger partial charge in [0.15, 0.2) is 11.5 Å². The number of amides is 1. The fourth-order valence-electron chi connectivity index (χ4n) is 3.19. The van der Waals surface area contributed by atoms with Crippen molar-refractivity contribution in [2.24, 2.45) is 0 Å². The topological polar surface area (TPSA) is 107 Å². The Balaban J connectivity index is 1.40. The molecule has 0 aliphatic carbocycles. The Morgan fingerprint density at radius 2 is 1.76 bits per heavy atom. The third kappa shape index (κ3) is 4.04. The van der Waals surface area contributed by atoms with Crippen LogP contribution in [0.5, 0.6) is 5.75 Å². The van der Waals surface area contributed by atoms with Gasteiger partial charge in [-0.3, -0.25) is 4.79 Å². The van der Waals surface area contributed by atoms with Gasteiger partial charge in [0, 0.05) is 26.2 Å². The van der Waals surface area contributed by atoms with Gasteiger partial charge >= 0.3 is 5.97 Å². The number of rotatable bonds is 4. The van der Waals surface area contributed by atoms with Crippen LogP contribution in [0.25, 0.3) is 11.1 Å².